The number of rotatable bonds is 5. The van der Waals surface area contributed by atoms with E-state index in [4.69, 9.17) is 5.11 Å². The molecule has 3 nitrogen and oxygen atoms in total. The van der Waals surface area contributed by atoms with E-state index in [-0.39, 0.29) is 18.2 Å². The third kappa shape index (κ3) is 4.78. The van der Waals surface area contributed by atoms with Crippen LogP contribution in [-0.4, -0.2) is 29.1 Å². The van der Waals surface area contributed by atoms with E-state index in [1.54, 1.807) is 0 Å². The molecule has 1 N–H and O–H groups in total. The summed E-state index contributed by atoms with van der Waals surface area (Å²) in [5.74, 6) is -0.337. The molecule has 116 valence electrons. The van der Waals surface area contributed by atoms with Gasteiger partial charge in [-0.2, -0.15) is 0 Å². The van der Waals surface area contributed by atoms with Gasteiger partial charge in [-0.05, 0) is 64.8 Å². The van der Waals surface area contributed by atoms with Crippen molar-refractivity contribution in [3.05, 3.63) is 34.1 Å². The summed E-state index contributed by atoms with van der Waals surface area (Å²) in [7, 11) is 0. The molecule has 1 aliphatic heterocycles. The number of hydrogen-bond acceptors (Lipinski definition) is 2. The molecule has 0 radical (unpaired) electrons. The second kappa shape index (κ2) is 7.36. The fraction of sp³-hybridized carbons (Fsp3) is 0.562. The minimum atomic E-state index is -0.720. The molecule has 0 amide bonds. The van der Waals surface area contributed by atoms with Crippen molar-refractivity contribution in [3.8, 4) is 0 Å². The van der Waals surface area contributed by atoms with Gasteiger partial charge in [0.2, 0.25) is 0 Å². The first-order chi connectivity index (χ1) is 9.95. The molecule has 2 rings (SSSR count). The molecule has 1 saturated heterocycles. The van der Waals surface area contributed by atoms with E-state index >= 15 is 0 Å². The van der Waals surface area contributed by atoms with Gasteiger partial charge in [0, 0.05) is 19.5 Å². The molecule has 1 fully saturated rings. The van der Waals surface area contributed by atoms with Gasteiger partial charge in [0.05, 0.1) is 4.47 Å². The Labute approximate surface area is 133 Å². The van der Waals surface area contributed by atoms with Crippen molar-refractivity contribution in [2.45, 2.75) is 32.7 Å². The Balaban J connectivity index is 1.94. The van der Waals surface area contributed by atoms with Crippen LogP contribution in [0.4, 0.5) is 4.39 Å². The highest BCUT2D eigenvalue weighted by molar-refractivity contribution is 9.10. The molecule has 0 saturated carbocycles. The highest BCUT2D eigenvalue weighted by Crippen LogP contribution is 2.27. The Bertz CT molecular complexity index is 509. The zero-order valence-electron chi connectivity index (χ0n) is 12.2. The maximum Gasteiger partial charge on any atom is 0.303 e. The summed E-state index contributed by atoms with van der Waals surface area (Å²) < 4.78 is 13.7. The second-order valence-electron chi connectivity index (χ2n) is 5.96. The van der Waals surface area contributed by atoms with Crippen LogP contribution in [0.3, 0.4) is 0 Å². The first kappa shape index (κ1) is 16.4. The van der Waals surface area contributed by atoms with Crippen LogP contribution in [-0.2, 0) is 11.3 Å². The highest BCUT2D eigenvalue weighted by Gasteiger charge is 2.26. The molecule has 0 bridgehead atoms. The SMILES string of the molecule is CC(CC(=O)O)C1CCCN(Cc2ccc(F)c(Br)c2)C1. The number of halogens is 2. The van der Waals surface area contributed by atoms with Crippen molar-refractivity contribution in [2.24, 2.45) is 11.8 Å². The van der Waals surface area contributed by atoms with E-state index in [1.807, 2.05) is 19.1 Å². The van der Waals surface area contributed by atoms with Crippen molar-refractivity contribution < 1.29 is 14.3 Å². The molecule has 0 aromatic heterocycles. The fourth-order valence-electron chi connectivity index (χ4n) is 3.04. The molecular weight excluding hydrogens is 337 g/mol. The molecule has 0 aliphatic carbocycles. The van der Waals surface area contributed by atoms with Gasteiger partial charge < -0.3 is 5.11 Å². The summed E-state index contributed by atoms with van der Waals surface area (Å²) in [6.45, 7) is 4.75. The topological polar surface area (TPSA) is 40.5 Å². The summed E-state index contributed by atoms with van der Waals surface area (Å²) in [5.41, 5.74) is 1.08. The monoisotopic (exact) mass is 357 g/mol. The number of likely N-dealkylation sites (tertiary alicyclic amines) is 1. The third-order valence-corrected chi connectivity index (χ3v) is 4.84. The van der Waals surface area contributed by atoms with Crippen LogP contribution in [0, 0.1) is 17.7 Å². The van der Waals surface area contributed by atoms with Crippen LogP contribution < -0.4 is 0 Å². The van der Waals surface area contributed by atoms with Gasteiger partial charge in [-0.15, -0.1) is 0 Å². The lowest BCUT2D eigenvalue weighted by atomic mass is 9.84. The van der Waals surface area contributed by atoms with Crippen molar-refractivity contribution in [3.63, 3.8) is 0 Å². The summed E-state index contributed by atoms with van der Waals surface area (Å²) in [6, 6.07) is 5.11. The number of carboxylic acid groups (broad SMARTS) is 1. The van der Waals surface area contributed by atoms with Gasteiger partial charge in [0.1, 0.15) is 5.82 Å². The van der Waals surface area contributed by atoms with Crippen LogP contribution >= 0.6 is 15.9 Å². The van der Waals surface area contributed by atoms with Gasteiger partial charge in [0.15, 0.2) is 0 Å². The normalized spacial score (nSPS) is 21.2. The lowest BCUT2D eigenvalue weighted by molar-refractivity contribution is -0.138. The summed E-state index contributed by atoms with van der Waals surface area (Å²) in [6.07, 6.45) is 2.43. The van der Waals surface area contributed by atoms with E-state index in [2.05, 4.69) is 20.8 Å². The van der Waals surface area contributed by atoms with Crippen LogP contribution in [0.1, 0.15) is 31.7 Å². The molecule has 1 aromatic rings. The Morgan fingerprint density at radius 1 is 1.57 bits per heavy atom. The van der Waals surface area contributed by atoms with Gasteiger partial charge in [-0.1, -0.05) is 13.0 Å². The minimum Gasteiger partial charge on any atom is -0.481 e. The number of benzene rings is 1. The number of carboxylic acids is 1. The zero-order chi connectivity index (χ0) is 15.4. The van der Waals surface area contributed by atoms with E-state index in [9.17, 15) is 9.18 Å². The second-order valence-corrected chi connectivity index (χ2v) is 6.82. The van der Waals surface area contributed by atoms with Crippen molar-refractivity contribution in [1.82, 2.24) is 4.90 Å². The quantitative estimate of drug-likeness (QED) is 0.868. The summed E-state index contributed by atoms with van der Waals surface area (Å²) in [5, 5.41) is 8.92. The Morgan fingerprint density at radius 2 is 2.33 bits per heavy atom. The maximum absolute atomic E-state index is 13.3. The Morgan fingerprint density at radius 3 is 3.00 bits per heavy atom. The maximum atomic E-state index is 13.3. The van der Waals surface area contributed by atoms with Gasteiger partial charge >= 0.3 is 5.97 Å². The number of nitrogens with zero attached hydrogens (tertiary/aromatic N) is 1. The van der Waals surface area contributed by atoms with Gasteiger partial charge in [-0.25, -0.2) is 4.39 Å². The molecule has 1 aliphatic rings. The lowest BCUT2D eigenvalue weighted by Gasteiger charge is -2.35. The average Bonchev–Trinajstić information content (AvgIpc) is 2.42. The van der Waals surface area contributed by atoms with E-state index < -0.39 is 5.97 Å². The standard InChI is InChI=1S/C16H21BrFNO2/c1-11(7-16(20)21)13-3-2-6-19(10-13)9-12-4-5-15(18)14(17)8-12/h4-5,8,11,13H,2-3,6-7,9-10H2,1H3,(H,20,21). The van der Waals surface area contributed by atoms with Gasteiger partial charge in [0.25, 0.3) is 0 Å². The number of carbonyl (C=O) groups is 1. The molecule has 0 spiro atoms. The number of hydrogen-bond donors (Lipinski definition) is 1. The first-order valence-corrected chi connectivity index (χ1v) is 8.13. The van der Waals surface area contributed by atoms with Crippen LogP contribution in [0.15, 0.2) is 22.7 Å². The van der Waals surface area contributed by atoms with Crippen molar-refractivity contribution in [1.29, 1.82) is 0 Å². The molecule has 1 aromatic carbocycles. The Hall–Kier alpha value is -0.940. The molecule has 21 heavy (non-hydrogen) atoms. The third-order valence-electron chi connectivity index (χ3n) is 4.23. The van der Waals surface area contributed by atoms with Crippen LogP contribution in [0.5, 0.6) is 0 Å². The van der Waals surface area contributed by atoms with E-state index in [1.165, 1.54) is 6.07 Å². The number of aliphatic carboxylic acids is 1. The molecule has 5 heteroatoms. The molecule has 2 atom stereocenters. The van der Waals surface area contributed by atoms with Crippen LogP contribution in [0.25, 0.3) is 0 Å². The summed E-state index contributed by atoms with van der Waals surface area (Å²) >= 11 is 3.21. The first-order valence-electron chi connectivity index (χ1n) is 7.33. The zero-order valence-corrected chi connectivity index (χ0v) is 13.8. The molecule has 2 unspecified atom stereocenters. The average molecular weight is 358 g/mol. The predicted octanol–water partition coefficient (Wildman–Crippen LogP) is 3.91. The van der Waals surface area contributed by atoms with Crippen molar-refractivity contribution in [2.75, 3.05) is 13.1 Å². The van der Waals surface area contributed by atoms with E-state index in [0.29, 0.717) is 10.4 Å². The largest absolute Gasteiger partial charge is 0.481 e. The smallest absolute Gasteiger partial charge is 0.303 e. The molecular formula is C16H21BrFNO2. The summed E-state index contributed by atoms with van der Waals surface area (Å²) in [4.78, 5) is 13.2. The molecule has 1 heterocycles. The minimum absolute atomic E-state index is 0.199. The van der Waals surface area contributed by atoms with Crippen molar-refractivity contribution >= 4 is 21.9 Å². The van der Waals surface area contributed by atoms with Crippen LogP contribution in [0.2, 0.25) is 0 Å². The lowest BCUT2D eigenvalue weighted by Crippen LogP contribution is -2.37. The fourth-order valence-corrected chi connectivity index (χ4v) is 3.46. The predicted molar refractivity (Wildman–Crippen MR) is 83.5 cm³/mol. The number of piperidine rings is 1. The Kier molecular flexibility index (Phi) is 5.76. The van der Waals surface area contributed by atoms with E-state index in [0.717, 1.165) is 38.0 Å². The van der Waals surface area contributed by atoms with Gasteiger partial charge in [-0.3, -0.25) is 9.69 Å². The highest BCUT2D eigenvalue weighted by atomic mass is 79.9.